The first-order chi connectivity index (χ1) is 8.97. The van der Waals surface area contributed by atoms with E-state index in [0.717, 1.165) is 12.8 Å². The first kappa shape index (κ1) is 15.2. The highest BCUT2D eigenvalue weighted by Gasteiger charge is 2.43. The number of nitrogens with two attached hydrogens (primary N) is 1. The van der Waals surface area contributed by atoms with Crippen molar-refractivity contribution < 1.29 is 17.9 Å². The summed E-state index contributed by atoms with van der Waals surface area (Å²) in [5.41, 5.74) is 5.53. The third-order valence-corrected chi connectivity index (χ3v) is 6.64. The average molecular weight is 291 g/mol. The quantitative estimate of drug-likeness (QED) is 0.831. The van der Waals surface area contributed by atoms with E-state index < -0.39 is 9.84 Å². The van der Waals surface area contributed by atoms with Crippen molar-refractivity contribution in [2.75, 3.05) is 25.6 Å². The Kier molecular flexibility index (Phi) is 4.87. The van der Waals surface area contributed by atoms with Gasteiger partial charge in [-0.3, -0.25) is 0 Å². The predicted molar refractivity (Wildman–Crippen MR) is 73.8 cm³/mol. The Bertz CT molecular complexity index is 384. The first-order valence-electron chi connectivity index (χ1n) is 7.16. The topological polar surface area (TPSA) is 78.6 Å². The Hall–Kier alpha value is -0.170. The SMILES string of the molecule is CCC(N)CS(=O)(=O)C1CCOC2(CCOCC2)C1. The molecule has 0 aromatic carbocycles. The van der Waals surface area contributed by atoms with Crippen LogP contribution in [-0.2, 0) is 19.3 Å². The van der Waals surface area contributed by atoms with Crippen LogP contribution in [0.2, 0.25) is 0 Å². The molecule has 2 N–H and O–H groups in total. The summed E-state index contributed by atoms with van der Waals surface area (Å²) in [6.07, 6.45) is 3.51. The molecule has 0 aliphatic carbocycles. The van der Waals surface area contributed by atoms with Crippen LogP contribution >= 0.6 is 0 Å². The molecular weight excluding hydrogens is 266 g/mol. The highest BCUT2D eigenvalue weighted by molar-refractivity contribution is 7.92. The number of hydrogen-bond acceptors (Lipinski definition) is 5. The Morgan fingerprint density at radius 2 is 2.00 bits per heavy atom. The summed E-state index contributed by atoms with van der Waals surface area (Å²) in [5.74, 6) is 0.0980. The van der Waals surface area contributed by atoms with Gasteiger partial charge >= 0.3 is 0 Å². The van der Waals surface area contributed by atoms with Gasteiger partial charge in [-0.05, 0) is 32.1 Å². The highest BCUT2D eigenvalue weighted by atomic mass is 32.2. The molecule has 2 heterocycles. The molecule has 0 saturated carbocycles. The van der Waals surface area contributed by atoms with E-state index in [1.807, 2.05) is 6.92 Å². The van der Waals surface area contributed by atoms with Crippen molar-refractivity contribution in [1.82, 2.24) is 0 Å². The van der Waals surface area contributed by atoms with Crippen LogP contribution < -0.4 is 5.73 Å². The van der Waals surface area contributed by atoms with E-state index in [2.05, 4.69) is 0 Å². The zero-order valence-electron chi connectivity index (χ0n) is 11.6. The minimum Gasteiger partial charge on any atom is -0.381 e. The van der Waals surface area contributed by atoms with Gasteiger partial charge in [0.05, 0.1) is 16.6 Å². The van der Waals surface area contributed by atoms with Crippen LogP contribution in [-0.4, -0.2) is 50.9 Å². The number of hydrogen-bond donors (Lipinski definition) is 1. The van der Waals surface area contributed by atoms with E-state index in [0.29, 0.717) is 39.1 Å². The van der Waals surface area contributed by atoms with Crippen LogP contribution in [0.25, 0.3) is 0 Å². The minimum absolute atomic E-state index is 0.0980. The van der Waals surface area contributed by atoms with E-state index >= 15 is 0 Å². The highest BCUT2D eigenvalue weighted by Crippen LogP contribution is 2.36. The van der Waals surface area contributed by atoms with E-state index in [1.165, 1.54) is 0 Å². The van der Waals surface area contributed by atoms with Crippen molar-refractivity contribution in [2.24, 2.45) is 5.73 Å². The van der Waals surface area contributed by atoms with Crippen LogP contribution in [0.3, 0.4) is 0 Å². The molecule has 2 aliphatic heterocycles. The smallest absolute Gasteiger partial charge is 0.154 e. The molecule has 0 aromatic rings. The molecule has 6 heteroatoms. The zero-order valence-corrected chi connectivity index (χ0v) is 12.5. The summed E-state index contributed by atoms with van der Waals surface area (Å²) in [4.78, 5) is 0. The molecule has 112 valence electrons. The molecule has 0 bridgehead atoms. The largest absolute Gasteiger partial charge is 0.381 e. The Balaban J connectivity index is 2.04. The predicted octanol–water partition coefficient (Wildman–Crippen LogP) is 0.867. The van der Waals surface area contributed by atoms with Crippen LogP contribution in [0.4, 0.5) is 0 Å². The van der Waals surface area contributed by atoms with Gasteiger partial charge in [0.25, 0.3) is 0 Å². The molecule has 0 radical (unpaired) electrons. The fourth-order valence-corrected chi connectivity index (χ4v) is 5.05. The average Bonchev–Trinajstić information content (AvgIpc) is 2.39. The molecule has 0 aromatic heterocycles. The van der Waals surface area contributed by atoms with Crippen LogP contribution in [0.5, 0.6) is 0 Å². The summed E-state index contributed by atoms with van der Waals surface area (Å²) in [6, 6.07) is -0.251. The van der Waals surface area contributed by atoms with Crippen molar-refractivity contribution in [3.63, 3.8) is 0 Å². The van der Waals surface area contributed by atoms with Crippen molar-refractivity contribution in [3.05, 3.63) is 0 Å². The third-order valence-electron chi connectivity index (χ3n) is 4.33. The van der Waals surface area contributed by atoms with Gasteiger partial charge in [-0.15, -0.1) is 0 Å². The van der Waals surface area contributed by atoms with Gasteiger partial charge in [0, 0.05) is 25.9 Å². The van der Waals surface area contributed by atoms with E-state index in [-0.39, 0.29) is 22.6 Å². The van der Waals surface area contributed by atoms with Gasteiger partial charge in [-0.1, -0.05) is 6.92 Å². The molecule has 19 heavy (non-hydrogen) atoms. The maximum atomic E-state index is 12.4. The Labute approximate surface area is 115 Å². The summed E-state index contributed by atoms with van der Waals surface area (Å²) in [5, 5.41) is -0.294. The fraction of sp³-hybridized carbons (Fsp3) is 1.00. The molecule has 2 fully saturated rings. The summed E-state index contributed by atoms with van der Waals surface area (Å²) in [7, 11) is -3.12. The maximum Gasteiger partial charge on any atom is 0.154 e. The number of ether oxygens (including phenoxy) is 2. The number of rotatable bonds is 4. The molecule has 1 spiro atoms. The fourth-order valence-electron chi connectivity index (χ4n) is 2.93. The molecule has 5 nitrogen and oxygen atoms in total. The normalized spacial score (nSPS) is 29.3. The molecule has 2 saturated heterocycles. The molecule has 0 amide bonds. The van der Waals surface area contributed by atoms with Gasteiger partial charge in [0.15, 0.2) is 9.84 Å². The van der Waals surface area contributed by atoms with Crippen LogP contribution in [0, 0.1) is 0 Å². The Morgan fingerprint density at radius 3 is 2.63 bits per heavy atom. The van der Waals surface area contributed by atoms with Crippen molar-refractivity contribution in [1.29, 1.82) is 0 Å². The second-order valence-electron chi connectivity index (χ2n) is 5.76. The lowest BCUT2D eigenvalue weighted by molar-refractivity contribution is -0.132. The lowest BCUT2D eigenvalue weighted by Gasteiger charge is -2.43. The zero-order chi connectivity index (χ0) is 13.9. The second kappa shape index (κ2) is 6.08. The number of sulfone groups is 1. The van der Waals surface area contributed by atoms with Crippen LogP contribution in [0.15, 0.2) is 0 Å². The second-order valence-corrected chi connectivity index (χ2v) is 8.08. The molecule has 2 atom stereocenters. The van der Waals surface area contributed by atoms with Crippen molar-refractivity contribution in [3.8, 4) is 0 Å². The monoisotopic (exact) mass is 291 g/mol. The van der Waals surface area contributed by atoms with E-state index in [9.17, 15) is 8.42 Å². The lowest BCUT2D eigenvalue weighted by atomic mass is 9.86. The third kappa shape index (κ3) is 3.68. The maximum absolute atomic E-state index is 12.4. The van der Waals surface area contributed by atoms with Gasteiger partial charge in [-0.25, -0.2) is 8.42 Å². The lowest BCUT2D eigenvalue weighted by Crippen LogP contribution is -2.49. The van der Waals surface area contributed by atoms with Gasteiger partial charge in [0.1, 0.15) is 0 Å². The Morgan fingerprint density at radius 1 is 1.32 bits per heavy atom. The summed E-state index contributed by atoms with van der Waals surface area (Å²) >= 11 is 0. The van der Waals surface area contributed by atoms with Crippen molar-refractivity contribution >= 4 is 9.84 Å². The molecular formula is C13H25NO4S. The van der Waals surface area contributed by atoms with Gasteiger partial charge < -0.3 is 15.2 Å². The van der Waals surface area contributed by atoms with Crippen molar-refractivity contribution in [2.45, 2.75) is 55.9 Å². The first-order valence-corrected chi connectivity index (χ1v) is 8.88. The van der Waals surface area contributed by atoms with E-state index in [1.54, 1.807) is 0 Å². The molecule has 2 aliphatic rings. The molecule has 2 unspecified atom stereocenters. The van der Waals surface area contributed by atoms with E-state index in [4.69, 9.17) is 15.2 Å². The van der Waals surface area contributed by atoms with Gasteiger partial charge in [0.2, 0.25) is 0 Å². The van der Waals surface area contributed by atoms with Crippen LogP contribution in [0.1, 0.15) is 39.0 Å². The summed E-state index contributed by atoms with van der Waals surface area (Å²) in [6.45, 7) is 3.79. The van der Waals surface area contributed by atoms with Gasteiger partial charge in [-0.2, -0.15) is 0 Å². The minimum atomic E-state index is -3.12. The summed E-state index contributed by atoms with van der Waals surface area (Å²) < 4.78 is 36.1. The standard InChI is InChI=1S/C13H25NO4S/c1-2-11(14)10-19(15,16)12-3-6-18-13(9-12)4-7-17-8-5-13/h11-12H,2-10,14H2,1H3. The molecule has 2 rings (SSSR count).